The molecule has 0 aromatic rings. The van der Waals surface area contributed by atoms with Crippen molar-refractivity contribution < 1.29 is 47.8 Å². The molecule has 0 saturated carbocycles. The number of carbonyl (C=O) groups excluding carboxylic acids is 2. The number of unbranched alkanes of at least 4 members (excludes halogenated alkanes) is 9. The van der Waals surface area contributed by atoms with E-state index >= 15 is 0 Å². The van der Waals surface area contributed by atoms with E-state index in [9.17, 15) is 29.3 Å². The Hall–Kier alpha value is -1.55. The third-order valence-corrected chi connectivity index (χ3v) is 6.85. The van der Waals surface area contributed by atoms with Gasteiger partial charge >= 0.3 is 19.8 Å². The number of ether oxygens (including phenoxy) is 2. The van der Waals surface area contributed by atoms with Gasteiger partial charge in [0.25, 0.3) is 0 Å². The van der Waals surface area contributed by atoms with Crippen molar-refractivity contribution in [1.82, 2.24) is 0 Å². The molecule has 0 aliphatic heterocycles. The van der Waals surface area contributed by atoms with E-state index in [1.54, 1.807) is 0 Å². The second-order valence-corrected chi connectivity index (χ2v) is 11.2. The molecule has 0 fully saturated rings. The molecule has 10 nitrogen and oxygen atoms in total. The van der Waals surface area contributed by atoms with Crippen LogP contribution in [0, 0.1) is 0 Å². The van der Waals surface area contributed by atoms with Gasteiger partial charge in [-0.25, -0.2) is 4.57 Å². The molecule has 0 spiro atoms. The first-order valence-corrected chi connectivity index (χ1v) is 16.3. The second kappa shape index (κ2) is 26.4. The minimum absolute atomic E-state index is 0.176. The molecule has 3 atom stereocenters. The van der Waals surface area contributed by atoms with Crippen LogP contribution in [-0.2, 0) is 32.7 Å². The highest BCUT2D eigenvalue weighted by atomic mass is 31.2. The van der Waals surface area contributed by atoms with Crippen LogP contribution in [0.3, 0.4) is 0 Å². The number of esters is 2. The van der Waals surface area contributed by atoms with E-state index < -0.39 is 58.4 Å². The zero-order chi connectivity index (χ0) is 29.9. The van der Waals surface area contributed by atoms with Gasteiger partial charge in [-0.05, 0) is 38.5 Å². The highest BCUT2D eigenvalue weighted by Gasteiger charge is 2.27. The van der Waals surface area contributed by atoms with Crippen LogP contribution in [0.15, 0.2) is 24.3 Å². The Kier molecular flexibility index (Phi) is 25.3. The summed E-state index contributed by atoms with van der Waals surface area (Å²) in [5.41, 5.74) is 0. The summed E-state index contributed by atoms with van der Waals surface area (Å²) in [6.07, 6.45) is 19.5. The molecule has 0 saturated heterocycles. The van der Waals surface area contributed by atoms with Gasteiger partial charge in [-0.1, -0.05) is 83.1 Å². The third kappa shape index (κ3) is 24.3. The Morgan fingerprint density at radius 2 is 1.15 bits per heavy atom. The largest absolute Gasteiger partial charge is 0.472 e. The maximum atomic E-state index is 12.1. The van der Waals surface area contributed by atoms with Gasteiger partial charge in [0.2, 0.25) is 0 Å². The molecule has 0 aliphatic carbocycles. The van der Waals surface area contributed by atoms with E-state index in [4.69, 9.17) is 18.5 Å². The Morgan fingerprint density at radius 1 is 0.675 bits per heavy atom. The number of hydrogen-bond acceptors (Lipinski definition) is 9. The van der Waals surface area contributed by atoms with E-state index in [-0.39, 0.29) is 12.8 Å². The third-order valence-electron chi connectivity index (χ3n) is 5.90. The van der Waals surface area contributed by atoms with Crippen molar-refractivity contribution in [3.63, 3.8) is 0 Å². The van der Waals surface area contributed by atoms with Crippen molar-refractivity contribution in [2.24, 2.45) is 0 Å². The lowest BCUT2D eigenvalue weighted by Crippen LogP contribution is -2.28. The molecule has 0 heterocycles. The van der Waals surface area contributed by atoms with E-state index in [2.05, 4.69) is 38.2 Å². The molecule has 40 heavy (non-hydrogen) atoms. The summed E-state index contributed by atoms with van der Waals surface area (Å²) in [6, 6.07) is 0. The molecule has 0 amide bonds. The highest BCUT2D eigenvalue weighted by molar-refractivity contribution is 7.47. The minimum atomic E-state index is -4.61. The average Bonchev–Trinajstić information content (AvgIpc) is 2.93. The number of aliphatic hydroxyl groups is 2. The zero-order valence-corrected chi connectivity index (χ0v) is 25.4. The van der Waals surface area contributed by atoms with Gasteiger partial charge in [-0.2, -0.15) is 0 Å². The molecule has 0 aliphatic rings. The molecule has 0 bridgehead atoms. The number of hydrogen-bond donors (Lipinski definition) is 3. The van der Waals surface area contributed by atoms with Gasteiger partial charge in [0.1, 0.15) is 12.2 Å². The Balaban J connectivity index is 4.07. The quantitative estimate of drug-likeness (QED) is 0.0453. The van der Waals surface area contributed by atoms with Gasteiger partial charge in [-0.3, -0.25) is 18.6 Å². The fourth-order valence-electron chi connectivity index (χ4n) is 3.56. The molecule has 0 radical (unpaired) electrons. The van der Waals surface area contributed by atoms with Gasteiger partial charge in [0.05, 0.1) is 26.4 Å². The lowest BCUT2D eigenvalue weighted by Gasteiger charge is -2.20. The topological polar surface area (TPSA) is 149 Å². The number of phosphoric ester groups is 1. The normalized spacial score (nSPS) is 14.8. The molecular formula is C29H53O10P. The van der Waals surface area contributed by atoms with Gasteiger partial charge in [-0.15, -0.1) is 0 Å². The summed E-state index contributed by atoms with van der Waals surface area (Å²) in [7, 11) is -4.61. The van der Waals surface area contributed by atoms with Crippen LogP contribution in [0.25, 0.3) is 0 Å². The Morgan fingerprint density at radius 3 is 1.65 bits per heavy atom. The number of carbonyl (C=O) groups is 2. The number of rotatable bonds is 27. The average molecular weight is 593 g/mol. The first kappa shape index (κ1) is 38.5. The fraction of sp³-hybridized carbons (Fsp3) is 0.793. The van der Waals surface area contributed by atoms with Gasteiger partial charge in [0.15, 0.2) is 0 Å². The van der Waals surface area contributed by atoms with E-state index in [1.807, 2.05) is 0 Å². The Labute approximate surface area is 240 Å². The zero-order valence-electron chi connectivity index (χ0n) is 24.5. The van der Waals surface area contributed by atoms with Gasteiger partial charge < -0.3 is 24.6 Å². The van der Waals surface area contributed by atoms with Crippen molar-refractivity contribution in [3.8, 4) is 0 Å². The molecule has 234 valence electrons. The first-order chi connectivity index (χ1) is 19.3. The van der Waals surface area contributed by atoms with Gasteiger partial charge in [0, 0.05) is 12.8 Å². The number of aliphatic hydroxyl groups excluding tert-OH is 2. The predicted molar refractivity (Wildman–Crippen MR) is 155 cm³/mol. The molecule has 0 aromatic heterocycles. The van der Waals surface area contributed by atoms with E-state index in [1.165, 1.54) is 6.42 Å². The smallest absolute Gasteiger partial charge is 0.457 e. The fourth-order valence-corrected chi connectivity index (χ4v) is 4.34. The molecule has 0 rings (SSSR count). The second-order valence-electron chi connectivity index (χ2n) is 9.73. The van der Waals surface area contributed by atoms with Crippen LogP contribution in [0.4, 0.5) is 0 Å². The summed E-state index contributed by atoms with van der Waals surface area (Å²) in [5, 5.41) is 18.8. The van der Waals surface area contributed by atoms with Crippen LogP contribution in [-0.4, -0.2) is 65.7 Å². The van der Waals surface area contributed by atoms with Crippen molar-refractivity contribution in [3.05, 3.63) is 24.3 Å². The SMILES string of the molecule is CCC/C=C\C/C=C\CCCCCCCC(=O)OC(CO)COP(=O)(O)OCC(CO)OC(=O)CCCCCC. The van der Waals surface area contributed by atoms with Crippen LogP contribution >= 0.6 is 7.82 Å². The van der Waals surface area contributed by atoms with Crippen molar-refractivity contribution in [2.75, 3.05) is 26.4 Å². The van der Waals surface area contributed by atoms with E-state index in [0.717, 1.165) is 64.2 Å². The standard InChI is InChI=1S/C29H53O10P/c1-3-5-7-9-10-11-12-13-14-15-16-17-19-21-29(33)39-27(23-31)25-37-40(34,35)36-24-26(22-30)38-28(32)20-18-8-6-4-2/h7,9,11-12,26-27,30-31H,3-6,8,10,13-25H2,1-2H3,(H,34,35)/b9-7-,12-11-. The summed E-state index contributed by atoms with van der Waals surface area (Å²) in [5.74, 6) is -1.06. The molecule has 11 heteroatoms. The summed E-state index contributed by atoms with van der Waals surface area (Å²) < 4.78 is 31.9. The van der Waals surface area contributed by atoms with Crippen molar-refractivity contribution >= 4 is 19.8 Å². The Bertz CT molecular complexity index is 740. The maximum absolute atomic E-state index is 12.1. The van der Waals surface area contributed by atoms with Crippen LogP contribution < -0.4 is 0 Å². The van der Waals surface area contributed by atoms with Crippen molar-refractivity contribution in [1.29, 1.82) is 0 Å². The first-order valence-electron chi connectivity index (χ1n) is 14.8. The monoisotopic (exact) mass is 592 g/mol. The summed E-state index contributed by atoms with van der Waals surface area (Å²) >= 11 is 0. The lowest BCUT2D eigenvalue weighted by molar-refractivity contribution is -0.153. The van der Waals surface area contributed by atoms with Crippen molar-refractivity contribution in [2.45, 2.75) is 122 Å². The molecular weight excluding hydrogens is 539 g/mol. The van der Waals surface area contributed by atoms with Crippen LogP contribution in [0.1, 0.15) is 110 Å². The van der Waals surface area contributed by atoms with Crippen LogP contribution in [0.5, 0.6) is 0 Å². The van der Waals surface area contributed by atoms with E-state index in [0.29, 0.717) is 12.8 Å². The molecule has 3 N–H and O–H groups in total. The number of phosphoric acid groups is 1. The molecule has 0 aromatic carbocycles. The lowest BCUT2D eigenvalue weighted by atomic mass is 10.1. The predicted octanol–water partition coefficient (Wildman–Crippen LogP) is 5.93. The molecule has 3 unspecified atom stereocenters. The van der Waals surface area contributed by atoms with Crippen LogP contribution in [0.2, 0.25) is 0 Å². The number of allylic oxidation sites excluding steroid dienone is 4. The summed E-state index contributed by atoms with van der Waals surface area (Å²) in [4.78, 5) is 33.8. The minimum Gasteiger partial charge on any atom is -0.457 e. The highest BCUT2D eigenvalue weighted by Crippen LogP contribution is 2.43. The maximum Gasteiger partial charge on any atom is 0.472 e. The summed E-state index contributed by atoms with van der Waals surface area (Å²) in [6.45, 7) is 1.92.